The number of hydrogen-bond donors (Lipinski definition) is 1. The summed E-state index contributed by atoms with van der Waals surface area (Å²) >= 11 is 0. The van der Waals surface area contributed by atoms with Crippen LogP contribution in [0.4, 0.5) is 17.1 Å². The van der Waals surface area contributed by atoms with E-state index in [1.807, 2.05) is 72.8 Å². The van der Waals surface area contributed by atoms with Gasteiger partial charge in [-0.25, -0.2) is 0 Å². The van der Waals surface area contributed by atoms with Crippen LogP contribution in [0.2, 0.25) is 0 Å². The minimum absolute atomic E-state index is 0.0688. The highest BCUT2D eigenvalue weighted by molar-refractivity contribution is 6.27. The van der Waals surface area contributed by atoms with E-state index in [1.165, 1.54) is 12.1 Å². The van der Waals surface area contributed by atoms with Crippen molar-refractivity contribution >= 4 is 33.9 Å². The number of anilines is 1. The number of rotatable bonds is 6. The summed E-state index contributed by atoms with van der Waals surface area (Å²) in [5.41, 5.74) is 6.54. The Kier molecular flexibility index (Phi) is 5.35. The first-order chi connectivity index (χ1) is 15.0. The summed E-state index contributed by atoms with van der Waals surface area (Å²) in [7, 11) is 0. The highest BCUT2D eigenvalue weighted by Crippen LogP contribution is 2.35. The van der Waals surface area contributed by atoms with Crippen molar-refractivity contribution in [3.05, 3.63) is 122 Å². The van der Waals surface area contributed by atoms with Crippen molar-refractivity contribution in [1.82, 2.24) is 0 Å². The van der Waals surface area contributed by atoms with E-state index in [9.17, 15) is 20.2 Å². The fourth-order valence-electron chi connectivity index (χ4n) is 3.27. The molecule has 1 N–H and O–H groups in total. The molecule has 8 nitrogen and oxygen atoms in total. The molecule has 0 aliphatic heterocycles. The minimum atomic E-state index is -0.680. The molecular formula is C23H16N4O4. The number of nitrogens with one attached hydrogen (secondary N) is 1. The van der Waals surface area contributed by atoms with Crippen LogP contribution in [0.25, 0.3) is 11.1 Å². The van der Waals surface area contributed by atoms with Gasteiger partial charge in [0.1, 0.15) is 5.69 Å². The van der Waals surface area contributed by atoms with Crippen LogP contribution in [-0.2, 0) is 0 Å². The van der Waals surface area contributed by atoms with Crippen molar-refractivity contribution in [2.45, 2.75) is 0 Å². The summed E-state index contributed by atoms with van der Waals surface area (Å²) in [5.74, 6) is 0. The molecule has 4 rings (SSSR count). The highest BCUT2D eigenvalue weighted by atomic mass is 16.6. The molecule has 3 aromatic rings. The molecule has 0 fully saturated rings. The lowest BCUT2D eigenvalue weighted by Crippen LogP contribution is -2.00. The first-order valence-electron chi connectivity index (χ1n) is 9.34. The van der Waals surface area contributed by atoms with Crippen LogP contribution in [0, 0.1) is 20.2 Å². The largest absolute Gasteiger partial charge is 0.301 e. The average Bonchev–Trinajstić information content (AvgIpc) is 3.23. The van der Waals surface area contributed by atoms with E-state index < -0.39 is 15.5 Å². The van der Waals surface area contributed by atoms with E-state index >= 15 is 0 Å². The van der Waals surface area contributed by atoms with Crippen LogP contribution in [0.3, 0.4) is 0 Å². The molecule has 0 heterocycles. The molecule has 0 radical (unpaired) electrons. The fourth-order valence-corrected chi connectivity index (χ4v) is 3.27. The summed E-state index contributed by atoms with van der Waals surface area (Å²) in [6.07, 6.45) is 3.78. The van der Waals surface area contributed by atoms with Crippen LogP contribution in [0.1, 0.15) is 11.1 Å². The standard InChI is InChI=1S/C23H16N4O4/c28-26(29)19-11-12-22(23(15-19)27(30)31)25-24-18-13-20(16-7-3-1-4-8-16)21(14-18)17-9-5-2-6-10-17/h1-15,25H. The molecular weight excluding hydrogens is 396 g/mol. The maximum atomic E-state index is 11.3. The molecule has 0 atom stereocenters. The first kappa shape index (κ1) is 19.7. The molecule has 0 unspecified atom stereocenters. The Morgan fingerprint density at radius 2 is 1.26 bits per heavy atom. The highest BCUT2D eigenvalue weighted by Gasteiger charge is 2.21. The van der Waals surface area contributed by atoms with E-state index in [-0.39, 0.29) is 11.4 Å². The zero-order chi connectivity index (χ0) is 21.8. The van der Waals surface area contributed by atoms with Gasteiger partial charge in [-0.05, 0) is 40.5 Å². The van der Waals surface area contributed by atoms with Crippen LogP contribution in [0.15, 0.2) is 96.1 Å². The zero-order valence-corrected chi connectivity index (χ0v) is 16.1. The SMILES string of the molecule is O=[N+]([O-])c1ccc(NN=C2C=C(c3ccccc3)C(c3ccccc3)=C2)c([N+](=O)[O-])c1. The maximum Gasteiger partial charge on any atom is 0.301 e. The summed E-state index contributed by atoms with van der Waals surface area (Å²) in [6, 6.07) is 23.1. The Morgan fingerprint density at radius 1 is 0.710 bits per heavy atom. The van der Waals surface area contributed by atoms with Crippen LogP contribution < -0.4 is 5.43 Å². The maximum absolute atomic E-state index is 11.3. The second-order valence-electron chi connectivity index (χ2n) is 6.71. The van der Waals surface area contributed by atoms with E-state index in [1.54, 1.807) is 0 Å². The molecule has 0 spiro atoms. The lowest BCUT2D eigenvalue weighted by molar-refractivity contribution is -0.393. The normalized spacial score (nSPS) is 12.7. The quantitative estimate of drug-likeness (QED) is 0.427. The third-order valence-electron chi connectivity index (χ3n) is 4.74. The van der Waals surface area contributed by atoms with Gasteiger partial charge in [0.15, 0.2) is 0 Å². The number of nitro groups is 2. The van der Waals surface area contributed by atoms with Crippen LogP contribution in [0.5, 0.6) is 0 Å². The molecule has 0 amide bonds. The fraction of sp³-hybridized carbons (Fsp3) is 0. The van der Waals surface area contributed by atoms with Crippen molar-refractivity contribution in [2.75, 3.05) is 5.43 Å². The Bertz CT molecular complexity index is 1190. The van der Waals surface area contributed by atoms with Crippen LogP contribution in [-0.4, -0.2) is 15.6 Å². The third-order valence-corrected chi connectivity index (χ3v) is 4.74. The number of benzene rings is 3. The van der Waals surface area contributed by atoms with E-state index in [2.05, 4.69) is 10.5 Å². The van der Waals surface area contributed by atoms with Gasteiger partial charge in [-0.15, -0.1) is 0 Å². The summed E-state index contributed by atoms with van der Waals surface area (Å²) < 4.78 is 0. The molecule has 1 aliphatic carbocycles. The van der Waals surface area contributed by atoms with Gasteiger partial charge in [0.05, 0.1) is 21.6 Å². The molecule has 1 aliphatic rings. The van der Waals surface area contributed by atoms with E-state index in [0.29, 0.717) is 5.71 Å². The van der Waals surface area contributed by atoms with Gasteiger partial charge >= 0.3 is 5.69 Å². The van der Waals surface area contributed by atoms with Crippen LogP contribution >= 0.6 is 0 Å². The van der Waals surface area contributed by atoms with Crippen molar-refractivity contribution in [1.29, 1.82) is 0 Å². The van der Waals surface area contributed by atoms with Crippen molar-refractivity contribution in [3.8, 4) is 0 Å². The Balaban J connectivity index is 1.71. The Morgan fingerprint density at radius 3 is 1.74 bits per heavy atom. The summed E-state index contributed by atoms with van der Waals surface area (Å²) in [5, 5.41) is 26.6. The first-order valence-corrected chi connectivity index (χ1v) is 9.34. The lowest BCUT2D eigenvalue weighted by atomic mass is 9.95. The van der Waals surface area contributed by atoms with Crippen molar-refractivity contribution in [2.24, 2.45) is 5.10 Å². The number of hydrazone groups is 1. The molecule has 0 saturated heterocycles. The predicted octanol–water partition coefficient (Wildman–Crippen LogP) is 5.45. The smallest absolute Gasteiger partial charge is 0.271 e. The van der Waals surface area contributed by atoms with Gasteiger partial charge in [-0.2, -0.15) is 5.10 Å². The topological polar surface area (TPSA) is 111 Å². The molecule has 3 aromatic carbocycles. The van der Waals surface area contributed by atoms with Gasteiger partial charge < -0.3 is 0 Å². The van der Waals surface area contributed by atoms with Gasteiger partial charge in [-0.3, -0.25) is 25.7 Å². The van der Waals surface area contributed by atoms with E-state index in [4.69, 9.17) is 0 Å². The molecule has 152 valence electrons. The predicted molar refractivity (Wildman–Crippen MR) is 120 cm³/mol. The molecule has 0 saturated carbocycles. The average molecular weight is 412 g/mol. The molecule has 0 aromatic heterocycles. The second-order valence-corrected chi connectivity index (χ2v) is 6.71. The zero-order valence-electron chi connectivity index (χ0n) is 16.1. The monoisotopic (exact) mass is 412 g/mol. The number of nitrogens with zero attached hydrogens (tertiary/aromatic N) is 3. The summed E-state index contributed by atoms with van der Waals surface area (Å²) in [6.45, 7) is 0. The molecule has 8 heteroatoms. The lowest BCUT2D eigenvalue weighted by Gasteiger charge is -2.08. The Labute approximate surface area is 177 Å². The number of allylic oxidation sites excluding steroid dienone is 4. The minimum Gasteiger partial charge on any atom is -0.271 e. The number of nitro benzene ring substituents is 2. The van der Waals surface area contributed by atoms with E-state index in [0.717, 1.165) is 28.3 Å². The second kappa shape index (κ2) is 8.42. The van der Waals surface area contributed by atoms with Gasteiger partial charge in [-0.1, -0.05) is 60.7 Å². The third kappa shape index (κ3) is 4.23. The Hall–Kier alpha value is -4.59. The molecule has 0 bridgehead atoms. The molecule has 31 heavy (non-hydrogen) atoms. The number of non-ortho nitro benzene ring substituents is 1. The van der Waals surface area contributed by atoms with Gasteiger partial charge in [0, 0.05) is 6.07 Å². The van der Waals surface area contributed by atoms with Crippen molar-refractivity contribution < 1.29 is 9.85 Å². The van der Waals surface area contributed by atoms with Gasteiger partial charge in [0.2, 0.25) is 0 Å². The summed E-state index contributed by atoms with van der Waals surface area (Å²) in [4.78, 5) is 20.9. The van der Waals surface area contributed by atoms with Crippen molar-refractivity contribution in [3.63, 3.8) is 0 Å². The van der Waals surface area contributed by atoms with Gasteiger partial charge in [0.25, 0.3) is 5.69 Å². The number of hydrogen-bond acceptors (Lipinski definition) is 6.